The zero-order valence-corrected chi connectivity index (χ0v) is 12.0. The zero-order valence-electron chi connectivity index (χ0n) is 12.0. The molecule has 5 heteroatoms. The Hall–Kier alpha value is -1.75. The molecule has 2 aromatic heterocycles. The number of aromatic nitrogens is 4. The molecule has 0 aromatic carbocycles. The first kappa shape index (κ1) is 13.7. The molecule has 0 fully saturated rings. The number of nitrogens with zero attached hydrogens (tertiary/aromatic N) is 4. The highest BCUT2D eigenvalue weighted by molar-refractivity contribution is 5.29. The van der Waals surface area contributed by atoms with Gasteiger partial charge in [-0.05, 0) is 33.4 Å². The van der Waals surface area contributed by atoms with Gasteiger partial charge in [-0.3, -0.25) is 0 Å². The Balaban J connectivity index is 2.44. The highest BCUT2D eigenvalue weighted by Gasteiger charge is 2.20. The molecule has 0 saturated carbocycles. The average Bonchev–Trinajstić information content (AvgIpc) is 2.83. The van der Waals surface area contributed by atoms with Crippen molar-refractivity contribution in [3.8, 4) is 0 Å². The largest absolute Gasteiger partial charge is 0.333 e. The normalized spacial score (nSPS) is 12.6. The quantitative estimate of drug-likeness (QED) is 0.892. The van der Waals surface area contributed by atoms with Crippen LogP contribution in [0.4, 0.5) is 0 Å². The molecule has 0 radical (unpaired) electrons. The van der Waals surface area contributed by atoms with E-state index in [-0.39, 0.29) is 6.04 Å². The molecule has 19 heavy (non-hydrogen) atoms. The van der Waals surface area contributed by atoms with Crippen LogP contribution in [-0.2, 0) is 6.54 Å². The molecule has 0 amide bonds. The van der Waals surface area contributed by atoms with Crippen molar-refractivity contribution in [2.45, 2.75) is 39.8 Å². The molecule has 2 rings (SSSR count). The Bertz CT molecular complexity index is 547. The maximum absolute atomic E-state index is 4.51. The second-order valence-electron chi connectivity index (χ2n) is 4.73. The standard InChI is InChI=1S/C14H21N5/c1-5-7-19-8-6-16-14(19)13(15-4)12-9-10(2)17-18-11(12)3/h6,8-9,13,15H,5,7H2,1-4H3. The van der Waals surface area contributed by atoms with Crippen LogP contribution in [0.5, 0.6) is 0 Å². The average molecular weight is 259 g/mol. The van der Waals surface area contributed by atoms with Crippen LogP contribution < -0.4 is 5.32 Å². The summed E-state index contributed by atoms with van der Waals surface area (Å²) in [5.41, 5.74) is 3.00. The van der Waals surface area contributed by atoms with Crippen LogP contribution in [-0.4, -0.2) is 26.8 Å². The predicted octanol–water partition coefficient (Wildman–Crippen LogP) is 2.01. The minimum absolute atomic E-state index is 0.0516. The minimum Gasteiger partial charge on any atom is -0.333 e. The van der Waals surface area contributed by atoms with Crippen LogP contribution >= 0.6 is 0 Å². The summed E-state index contributed by atoms with van der Waals surface area (Å²) in [6.07, 6.45) is 4.97. The molecule has 0 saturated heterocycles. The monoisotopic (exact) mass is 259 g/mol. The van der Waals surface area contributed by atoms with Crippen molar-refractivity contribution < 1.29 is 0 Å². The number of rotatable bonds is 5. The lowest BCUT2D eigenvalue weighted by Gasteiger charge is -2.19. The summed E-state index contributed by atoms with van der Waals surface area (Å²) in [6.45, 7) is 7.09. The van der Waals surface area contributed by atoms with E-state index in [0.717, 1.165) is 35.7 Å². The third-order valence-corrected chi connectivity index (χ3v) is 3.21. The van der Waals surface area contributed by atoms with E-state index in [1.807, 2.05) is 33.3 Å². The molecular formula is C14H21N5. The van der Waals surface area contributed by atoms with E-state index in [0.29, 0.717) is 0 Å². The molecular weight excluding hydrogens is 238 g/mol. The Labute approximate surface area is 114 Å². The lowest BCUT2D eigenvalue weighted by molar-refractivity contribution is 0.563. The van der Waals surface area contributed by atoms with Crippen molar-refractivity contribution in [3.05, 3.63) is 41.2 Å². The van der Waals surface area contributed by atoms with E-state index in [9.17, 15) is 0 Å². The number of hydrogen-bond donors (Lipinski definition) is 1. The van der Waals surface area contributed by atoms with Gasteiger partial charge in [0.1, 0.15) is 5.82 Å². The van der Waals surface area contributed by atoms with Gasteiger partial charge in [-0.1, -0.05) is 6.92 Å². The van der Waals surface area contributed by atoms with E-state index in [1.54, 1.807) is 0 Å². The van der Waals surface area contributed by atoms with Crippen LogP contribution in [0.2, 0.25) is 0 Å². The van der Waals surface area contributed by atoms with E-state index >= 15 is 0 Å². The van der Waals surface area contributed by atoms with Gasteiger partial charge in [0.15, 0.2) is 0 Å². The van der Waals surface area contributed by atoms with E-state index in [2.05, 4.69) is 38.1 Å². The van der Waals surface area contributed by atoms with E-state index in [1.165, 1.54) is 0 Å². The summed E-state index contributed by atoms with van der Waals surface area (Å²) in [4.78, 5) is 4.51. The van der Waals surface area contributed by atoms with Crippen molar-refractivity contribution in [1.29, 1.82) is 0 Å². The highest BCUT2D eigenvalue weighted by Crippen LogP contribution is 2.22. The Morgan fingerprint density at radius 3 is 2.79 bits per heavy atom. The summed E-state index contributed by atoms with van der Waals surface area (Å²) in [7, 11) is 1.95. The smallest absolute Gasteiger partial charge is 0.130 e. The van der Waals surface area contributed by atoms with Crippen LogP contribution in [0.15, 0.2) is 18.5 Å². The second-order valence-corrected chi connectivity index (χ2v) is 4.73. The van der Waals surface area contributed by atoms with Crippen molar-refractivity contribution in [2.75, 3.05) is 7.05 Å². The zero-order chi connectivity index (χ0) is 13.8. The van der Waals surface area contributed by atoms with E-state index in [4.69, 9.17) is 0 Å². The number of imidazole rings is 1. The lowest BCUT2D eigenvalue weighted by Crippen LogP contribution is -2.23. The van der Waals surface area contributed by atoms with Crippen molar-refractivity contribution >= 4 is 0 Å². The third kappa shape index (κ3) is 2.81. The SMILES string of the molecule is CCCn1ccnc1C(NC)c1cc(C)nnc1C. The fraction of sp³-hybridized carbons (Fsp3) is 0.500. The van der Waals surface area contributed by atoms with Gasteiger partial charge in [0.2, 0.25) is 0 Å². The van der Waals surface area contributed by atoms with Gasteiger partial charge in [0.05, 0.1) is 17.4 Å². The molecule has 0 bridgehead atoms. The van der Waals surface area contributed by atoms with Gasteiger partial charge in [-0.15, -0.1) is 0 Å². The first-order chi connectivity index (χ1) is 9.17. The highest BCUT2D eigenvalue weighted by atomic mass is 15.1. The Kier molecular flexibility index (Phi) is 4.27. The minimum atomic E-state index is 0.0516. The van der Waals surface area contributed by atoms with Gasteiger partial charge in [-0.25, -0.2) is 4.98 Å². The van der Waals surface area contributed by atoms with Crippen LogP contribution in [0, 0.1) is 13.8 Å². The Morgan fingerprint density at radius 1 is 1.32 bits per heavy atom. The summed E-state index contributed by atoms with van der Waals surface area (Å²) < 4.78 is 2.19. The molecule has 0 aliphatic heterocycles. The number of hydrogen-bond acceptors (Lipinski definition) is 4. The molecule has 5 nitrogen and oxygen atoms in total. The van der Waals surface area contributed by atoms with Crippen molar-refractivity contribution in [1.82, 2.24) is 25.1 Å². The van der Waals surface area contributed by atoms with Gasteiger partial charge >= 0.3 is 0 Å². The van der Waals surface area contributed by atoms with Gasteiger partial charge < -0.3 is 9.88 Å². The molecule has 0 aliphatic carbocycles. The van der Waals surface area contributed by atoms with Crippen LogP contribution in [0.1, 0.15) is 42.2 Å². The van der Waals surface area contributed by atoms with Gasteiger partial charge in [0.25, 0.3) is 0 Å². The fourth-order valence-electron chi connectivity index (χ4n) is 2.30. The summed E-state index contributed by atoms with van der Waals surface area (Å²) in [6, 6.07) is 2.13. The maximum atomic E-state index is 4.51. The van der Waals surface area contributed by atoms with E-state index < -0.39 is 0 Å². The van der Waals surface area contributed by atoms with Gasteiger partial charge in [0, 0.05) is 24.5 Å². The molecule has 2 aromatic rings. The fourth-order valence-corrected chi connectivity index (χ4v) is 2.30. The molecule has 0 aliphatic rings. The molecule has 1 unspecified atom stereocenters. The number of aryl methyl sites for hydroxylation is 3. The molecule has 102 valence electrons. The van der Waals surface area contributed by atoms with Crippen LogP contribution in [0.3, 0.4) is 0 Å². The summed E-state index contributed by atoms with van der Waals surface area (Å²) in [5, 5.41) is 11.6. The van der Waals surface area contributed by atoms with Crippen molar-refractivity contribution in [3.63, 3.8) is 0 Å². The molecule has 0 spiro atoms. The molecule has 2 heterocycles. The Morgan fingerprint density at radius 2 is 2.11 bits per heavy atom. The topological polar surface area (TPSA) is 55.6 Å². The molecule has 1 N–H and O–H groups in total. The number of nitrogens with one attached hydrogen (secondary N) is 1. The third-order valence-electron chi connectivity index (χ3n) is 3.21. The summed E-state index contributed by atoms with van der Waals surface area (Å²) >= 11 is 0. The van der Waals surface area contributed by atoms with Gasteiger partial charge in [-0.2, -0.15) is 10.2 Å². The predicted molar refractivity (Wildman–Crippen MR) is 74.9 cm³/mol. The second kappa shape index (κ2) is 5.93. The van der Waals surface area contributed by atoms with Crippen molar-refractivity contribution in [2.24, 2.45) is 0 Å². The maximum Gasteiger partial charge on any atom is 0.130 e. The first-order valence-electron chi connectivity index (χ1n) is 6.66. The lowest BCUT2D eigenvalue weighted by atomic mass is 10.0. The summed E-state index contributed by atoms with van der Waals surface area (Å²) in [5.74, 6) is 1.03. The molecule has 1 atom stereocenters. The van der Waals surface area contributed by atoms with Crippen LogP contribution in [0.25, 0.3) is 0 Å². The first-order valence-corrected chi connectivity index (χ1v) is 6.66.